The summed E-state index contributed by atoms with van der Waals surface area (Å²) in [6, 6.07) is 13.6. The number of piperidine rings is 1. The normalized spacial score (nSPS) is 20.9. The summed E-state index contributed by atoms with van der Waals surface area (Å²) >= 11 is 0. The third-order valence-electron chi connectivity index (χ3n) is 7.03. The Kier molecular flexibility index (Phi) is 7.90. The minimum Gasteiger partial charge on any atom is -0.355 e. The molecule has 0 spiro atoms. The van der Waals surface area contributed by atoms with E-state index >= 15 is 0 Å². The van der Waals surface area contributed by atoms with Crippen LogP contribution in [0.3, 0.4) is 0 Å². The van der Waals surface area contributed by atoms with E-state index in [1.54, 1.807) is 12.1 Å². The van der Waals surface area contributed by atoms with Crippen LogP contribution in [0.1, 0.15) is 42.0 Å². The molecule has 3 amide bonds. The third-order valence-corrected chi connectivity index (χ3v) is 7.03. The highest BCUT2D eigenvalue weighted by Crippen LogP contribution is 2.36. The highest BCUT2D eigenvalue weighted by atomic mass is 19.2. The number of carbonyl (C=O) groups excluding carboxylic acids is 2. The molecular weight excluding hydrogens is 478 g/mol. The summed E-state index contributed by atoms with van der Waals surface area (Å²) < 4.78 is 27.1. The molecule has 10 heteroatoms. The molecule has 0 saturated carbocycles. The Hall–Kier alpha value is -4.15. The van der Waals surface area contributed by atoms with Crippen LogP contribution in [-0.2, 0) is 10.2 Å². The van der Waals surface area contributed by atoms with Crippen LogP contribution in [0.2, 0.25) is 0 Å². The number of hydrogen-bond donors (Lipinski definition) is 2. The molecule has 8 nitrogen and oxygen atoms in total. The van der Waals surface area contributed by atoms with Gasteiger partial charge in [0.2, 0.25) is 5.91 Å². The van der Waals surface area contributed by atoms with E-state index in [0.29, 0.717) is 51.0 Å². The van der Waals surface area contributed by atoms with Crippen LogP contribution in [0, 0.1) is 40.2 Å². The van der Waals surface area contributed by atoms with Crippen LogP contribution < -0.4 is 10.6 Å². The predicted molar refractivity (Wildman–Crippen MR) is 131 cm³/mol. The first-order valence-corrected chi connectivity index (χ1v) is 12.1. The number of amides is 3. The Morgan fingerprint density at radius 3 is 2.62 bits per heavy atom. The zero-order valence-electron chi connectivity index (χ0n) is 20.1. The number of carbonyl (C=O) groups is 2. The molecule has 2 atom stereocenters. The van der Waals surface area contributed by atoms with Crippen molar-refractivity contribution in [3.05, 3.63) is 70.8 Å². The molecular formula is C27H26F2N6O2. The minimum atomic E-state index is -1.06. The second kappa shape index (κ2) is 11.3. The molecule has 4 rings (SSSR count). The van der Waals surface area contributed by atoms with Gasteiger partial charge in [-0.15, -0.1) is 0 Å². The second-order valence-electron chi connectivity index (χ2n) is 9.24. The van der Waals surface area contributed by atoms with Gasteiger partial charge in [0.1, 0.15) is 0 Å². The monoisotopic (exact) mass is 504 g/mol. The topological polar surface area (TPSA) is 121 Å². The van der Waals surface area contributed by atoms with Crippen LogP contribution >= 0.6 is 0 Å². The van der Waals surface area contributed by atoms with Gasteiger partial charge in [-0.05, 0) is 68.2 Å². The molecule has 2 aliphatic rings. The smallest absolute Gasteiger partial charge is 0.341 e. The fraction of sp³-hybridized carbons (Fsp3) is 0.370. The Morgan fingerprint density at radius 1 is 1.16 bits per heavy atom. The lowest BCUT2D eigenvalue weighted by atomic mass is 9.72. The number of aliphatic imine (C=N–C) groups is 1. The van der Waals surface area contributed by atoms with Gasteiger partial charge in [-0.1, -0.05) is 24.3 Å². The molecule has 2 heterocycles. The molecule has 2 N–H and O–H groups in total. The van der Waals surface area contributed by atoms with Crippen molar-refractivity contribution in [1.82, 2.24) is 15.5 Å². The van der Waals surface area contributed by atoms with Crippen molar-refractivity contribution in [1.29, 1.82) is 10.5 Å². The number of urea groups is 1. The summed E-state index contributed by atoms with van der Waals surface area (Å²) in [6.07, 6.45) is 3.11. The van der Waals surface area contributed by atoms with Crippen molar-refractivity contribution in [3.63, 3.8) is 0 Å². The van der Waals surface area contributed by atoms with Crippen LogP contribution in [0.25, 0.3) is 0 Å². The van der Waals surface area contributed by atoms with E-state index in [1.165, 1.54) is 12.3 Å². The zero-order valence-corrected chi connectivity index (χ0v) is 20.1. The summed E-state index contributed by atoms with van der Waals surface area (Å²) in [5.74, 6) is -3.33. The van der Waals surface area contributed by atoms with Gasteiger partial charge in [0.25, 0.3) is 0 Å². The van der Waals surface area contributed by atoms with Gasteiger partial charge in [-0.25, -0.2) is 18.6 Å². The molecule has 1 saturated heterocycles. The standard InChI is InChI=1S/C27H26F2N6O2/c28-22-7-6-18(14-23(22)29)24-20(16-33-26(37)34-24)25(36)32-10-3-11-35-12-8-27(17-31,9-13-35)21-5-2-1-4-19(21)15-30/h1-2,4-7,14,16,20,24H,3,8-13H2,(H,32,36)(H,34,37)/t20?,24-/m1/s1. The fourth-order valence-corrected chi connectivity index (χ4v) is 4.94. The Balaban J connectivity index is 1.29. The van der Waals surface area contributed by atoms with Crippen LogP contribution in [0.4, 0.5) is 13.6 Å². The highest BCUT2D eigenvalue weighted by Gasteiger charge is 2.38. The zero-order chi connectivity index (χ0) is 26.4. The number of hydrogen-bond acceptors (Lipinski definition) is 5. The molecule has 0 aliphatic carbocycles. The van der Waals surface area contributed by atoms with Gasteiger partial charge in [-0.2, -0.15) is 10.5 Å². The van der Waals surface area contributed by atoms with Gasteiger partial charge < -0.3 is 15.5 Å². The van der Waals surface area contributed by atoms with Crippen LogP contribution in [-0.4, -0.2) is 49.2 Å². The van der Waals surface area contributed by atoms with E-state index in [0.717, 1.165) is 17.7 Å². The van der Waals surface area contributed by atoms with Gasteiger partial charge in [0.15, 0.2) is 11.6 Å². The molecule has 1 unspecified atom stereocenters. The van der Waals surface area contributed by atoms with E-state index in [1.807, 2.05) is 12.1 Å². The lowest BCUT2D eigenvalue weighted by molar-refractivity contribution is -0.123. The van der Waals surface area contributed by atoms with Crippen molar-refractivity contribution >= 4 is 18.2 Å². The molecule has 0 bridgehead atoms. The maximum absolute atomic E-state index is 13.7. The maximum Gasteiger partial charge on any atom is 0.341 e. The molecule has 0 radical (unpaired) electrons. The highest BCUT2D eigenvalue weighted by molar-refractivity contribution is 6.00. The average molecular weight is 505 g/mol. The lowest BCUT2D eigenvalue weighted by Crippen LogP contribution is -2.45. The second-order valence-corrected chi connectivity index (χ2v) is 9.24. The molecule has 2 aliphatic heterocycles. The van der Waals surface area contributed by atoms with E-state index in [-0.39, 0.29) is 11.5 Å². The van der Waals surface area contributed by atoms with Crippen molar-refractivity contribution in [2.45, 2.75) is 30.7 Å². The van der Waals surface area contributed by atoms with E-state index in [4.69, 9.17) is 0 Å². The average Bonchev–Trinajstić information content (AvgIpc) is 2.93. The molecule has 37 heavy (non-hydrogen) atoms. The SMILES string of the molecule is N#Cc1ccccc1C1(C#N)CCN(CCCNC(=O)C2C=NC(=O)N[C@@H]2c2ccc(F)c(F)c2)CC1. The number of nitrogens with zero attached hydrogens (tertiary/aromatic N) is 4. The number of nitriles is 2. The summed E-state index contributed by atoms with van der Waals surface area (Å²) in [6.45, 7) is 2.48. The maximum atomic E-state index is 13.7. The van der Waals surface area contributed by atoms with Crippen molar-refractivity contribution < 1.29 is 18.4 Å². The Morgan fingerprint density at radius 2 is 1.92 bits per heavy atom. The summed E-state index contributed by atoms with van der Waals surface area (Å²) in [5, 5.41) is 24.8. The van der Waals surface area contributed by atoms with Gasteiger partial charge in [0, 0.05) is 12.8 Å². The van der Waals surface area contributed by atoms with E-state index in [2.05, 4.69) is 32.7 Å². The first-order chi connectivity index (χ1) is 17.9. The number of rotatable bonds is 7. The first kappa shape index (κ1) is 25.9. The van der Waals surface area contributed by atoms with Gasteiger partial charge in [0.05, 0.1) is 35.1 Å². The van der Waals surface area contributed by atoms with Crippen molar-refractivity contribution in [2.75, 3.05) is 26.2 Å². The van der Waals surface area contributed by atoms with Crippen molar-refractivity contribution in [3.8, 4) is 12.1 Å². The van der Waals surface area contributed by atoms with Gasteiger partial charge >= 0.3 is 6.03 Å². The number of likely N-dealkylation sites (tertiary alicyclic amines) is 1. The summed E-state index contributed by atoms with van der Waals surface area (Å²) in [7, 11) is 0. The third kappa shape index (κ3) is 5.65. The number of halogens is 2. The van der Waals surface area contributed by atoms with Crippen molar-refractivity contribution in [2.24, 2.45) is 10.9 Å². The summed E-state index contributed by atoms with van der Waals surface area (Å²) in [4.78, 5) is 30.5. The lowest BCUT2D eigenvalue weighted by Gasteiger charge is -2.38. The molecule has 0 aromatic heterocycles. The van der Waals surface area contributed by atoms with E-state index in [9.17, 15) is 28.9 Å². The van der Waals surface area contributed by atoms with Crippen LogP contribution in [0.5, 0.6) is 0 Å². The number of benzene rings is 2. The van der Waals surface area contributed by atoms with E-state index < -0.39 is 35.0 Å². The molecule has 1 fully saturated rings. The quantitative estimate of drug-likeness (QED) is 0.560. The van der Waals surface area contributed by atoms with Crippen LogP contribution in [0.15, 0.2) is 47.5 Å². The minimum absolute atomic E-state index is 0.269. The Labute approximate surface area is 213 Å². The van der Waals surface area contributed by atoms with Gasteiger partial charge in [-0.3, -0.25) is 4.79 Å². The molecule has 2 aromatic carbocycles. The predicted octanol–water partition coefficient (Wildman–Crippen LogP) is 3.35. The largest absolute Gasteiger partial charge is 0.355 e. The molecule has 190 valence electrons. The Bertz CT molecular complexity index is 1290. The fourth-order valence-electron chi connectivity index (χ4n) is 4.94. The summed E-state index contributed by atoms with van der Waals surface area (Å²) in [5.41, 5.74) is 0.898. The first-order valence-electron chi connectivity index (χ1n) is 12.1. The molecule has 2 aromatic rings. The number of nitrogens with one attached hydrogen (secondary N) is 2.